The summed E-state index contributed by atoms with van der Waals surface area (Å²) in [7, 11) is 0. The molecule has 0 saturated heterocycles. The first-order chi connectivity index (χ1) is 29.2. The maximum absolute atomic E-state index is 10.1. The first kappa shape index (κ1) is 34.3. The molecule has 0 bridgehead atoms. The van der Waals surface area contributed by atoms with Crippen LogP contribution in [-0.2, 0) is 5.41 Å². The number of aromatic nitrogens is 2. The summed E-state index contributed by atoms with van der Waals surface area (Å²) in [6.45, 7) is 0. The Labute approximate surface area is 343 Å². The summed E-state index contributed by atoms with van der Waals surface area (Å²) in [5.74, 6) is 0.686. The van der Waals surface area contributed by atoms with Crippen LogP contribution in [0, 0.1) is 11.3 Å². The molecule has 9 aromatic carbocycles. The smallest absolute Gasteiger partial charge is 0.160 e. The maximum Gasteiger partial charge on any atom is 0.160 e. The van der Waals surface area contributed by atoms with Crippen LogP contribution >= 0.6 is 0 Å². The van der Waals surface area contributed by atoms with Crippen LogP contribution in [0.4, 0.5) is 0 Å². The zero-order valence-electron chi connectivity index (χ0n) is 32.0. The van der Waals surface area contributed by atoms with Gasteiger partial charge in [-0.2, -0.15) is 5.26 Å². The van der Waals surface area contributed by atoms with Gasteiger partial charge in [-0.25, -0.2) is 9.97 Å². The molecule has 274 valence electrons. The van der Waals surface area contributed by atoms with Gasteiger partial charge in [-0.1, -0.05) is 170 Å². The molecule has 0 aliphatic heterocycles. The van der Waals surface area contributed by atoms with Gasteiger partial charge in [-0.3, -0.25) is 0 Å². The molecule has 1 aromatic heterocycles. The fourth-order valence-electron chi connectivity index (χ4n) is 9.15. The second-order valence-corrected chi connectivity index (χ2v) is 15.3. The first-order valence-electron chi connectivity index (χ1n) is 19.9. The van der Waals surface area contributed by atoms with Gasteiger partial charge in [0.1, 0.15) is 0 Å². The fourth-order valence-corrected chi connectivity index (χ4v) is 9.15. The van der Waals surface area contributed by atoms with E-state index < -0.39 is 5.41 Å². The highest BCUT2D eigenvalue weighted by Crippen LogP contribution is 2.57. The van der Waals surface area contributed by atoms with Crippen molar-refractivity contribution in [3.63, 3.8) is 0 Å². The first-order valence-corrected chi connectivity index (χ1v) is 19.9. The topological polar surface area (TPSA) is 49.6 Å². The van der Waals surface area contributed by atoms with E-state index in [1.54, 1.807) is 0 Å². The minimum absolute atomic E-state index is 0.584. The Hall–Kier alpha value is -7.93. The number of nitrogens with zero attached hydrogens (tertiary/aromatic N) is 3. The van der Waals surface area contributed by atoms with E-state index in [0.717, 1.165) is 55.7 Å². The van der Waals surface area contributed by atoms with Crippen molar-refractivity contribution in [3.05, 3.63) is 240 Å². The predicted molar refractivity (Wildman–Crippen MR) is 241 cm³/mol. The van der Waals surface area contributed by atoms with Crippen molar-refractivity contribution in [1.82, 2.24) is 9.97 Å². The Kier molecular flexibility index (Phi) is 8.10. The van der Waals surface area contributed by atoms with Crippen molar-refractivity contribution in [1.29, 1.82) is 5.26 Å². The van der Waals surface area contributed by atoms with Gasteiger partial charge in [0.05, 0.1) is 28.4 Å². The van der Waals surface area contributed by atoms with Crippen LogP contribution in [0.2, 0.25) is 0 Å². The number of rotatable bonds is 6. The van der Waals surface area contributed by atoms with Crippen molar-refractivity contribution >= 4 is 21.5 Å². The summed E-state index contributed by atoms with van der Waals surface area (Å²) >= 11 is 0. The molecule has 1 aliphatic rings. The Morgan fingerprint density at radius 1 is 0.356 bits per heavy atom. The average molecular weight is 750 g/mol. The molecule has 0 N–H and O–H groups in total. The summed E-state index contributed by atoms with van der Waals surface area (Å²) < 4.78 is 0. The fraction of sp³-hybridized carbons (Fsp3) is 0.0179. The molecule has 0 amide bonds. The van der Waals surface area contributed by atoms with Gasteiger partial charge >= 0.3 is 0 Å². The molecule has 59 heavy (non-hydrogen) atoms. The molecular weight excluding hydrogens is 715 g/mol. The van der Waals surface area contributed by atoms with Crippen molar-refractivity contribution in [3.8, 4) is 62.2 Å². The van der Waals surface area contributed by atoms with Crippen molar-refractivity contribution in [2.24, 2.45) is 0 Å². The summed E-state index contributed by atoms with van der Waals surface area (Å²) in [6.07, 6.45) is 0. The number of hydrogen-bond acceptors (Lipinski definition) is 3. The van der Waals surface area contributed by atoms with Crippen LogP contribution in [0.1, 0.15) is 27.8 Å². The van der Waals surface area contributed by atoms with E-state index in [-0.39, 0.29) is 0 Å². The number of hydrogen-bond donors (Lipinski definition) is 0. The number of benzene rings is 9. The molecule has 0 spiro atoms. The van der Waals surface area contributed by atoms with Gasteiger partial charge in [-0.05, 0) is 109 Å². The third-order valence-corrected chi connectivity index (χ3v) is 12.0. The molecule has 1 heterocycles. The maximum atomic E-state index is 10.1. The molecule has 0 atom stereocenters. The van der Waals surface area contributed by atoms with Gasteiger partial charge in [0.25, 0.3) is 0 Å². The van der Waals surface area contributed by atoms with Gasteiger partial charge in [0.2, 0.25) is 0 Å². The lowest BCUT2D eigenvalue weighted by Crippen LogP contribution is -2.28. The quantitative estimate of drug-likeness (QED) is 0.170. The van der Waals surface area contributed by atoms with Crippen molar-refractivity contribution in [2.75, 3.05) is 0 Å². The van der Waals surface area contributed by atoms with Crippen molar-refractivity contribution < 1.29 is 0 Å². The van der Waals surface area contributed by atoms with Crippen LogP contribution in [0.25, 0.3) is 77.7 Å². The van der Waals surface area contributed by atoms with E-state index >= 15 is 0 Å². The summed E-state index contributed by atoms with van der Waals surface area (Å²) in [5, 5.41) is 14.8. The van der Waals surface area contributed by atoms with Gasteiger partial charge < -0.3 is 0 Å². The zero-order chi connectivity index (χ0) is 39.3. The molecule has 11 rings (SSSR count). The standard InChI is InChI=1S/C56H35N3/c57-36-37-22-28-49-50-34-43(27-29-51(50)56(52(49)30-37,47-18-3-1-4-19-47)48-20-5-2-6-21-48)42-16-11-17-44(32-42)53-35-54(45-25-23-38-12-7-9-14-40(38)31-45)59-55(58-53)46-26-24-39-13-8-10-15-41(39)33-46/h1-35H. The Morgan fingerprint density at radius 3 is 1.56 bits per heavy atom. The number of nitriles is 1. The lowest BCUT2D eigenvalue weighted by Gasteiger charge is -2.34. The average Bonchev–Trinajstić information content (AvgIpc) is 3.61. The van der Waals surface area contributed by atoms with E-state index in [4.69, 9.17) is 9.97 Å². The lowest BCUT2D eigenvalue weighted by atomic mass is 9.67. The van der Waals surface area contributed by atoms with Crippen LogP contribution in [0.15, 0.2) is 212 Å². The minimum atomic E-state index is -0.584. The van der Waals surface area contributed by atoms with Gasteiger partial charge in [-0.15, -0.1) is 0 Å². The van der Waals surface area contributed by atoms with Crippen LogP contribution in [-0.4, -0.2) is 9.97 Å². The third-order valence-electron chi connectivity index (χ3n) is 12.0. The van der Waals surface area contributed by atoms with E-state index in [2.05, 4.69) is 212 Å². The van der Waals surface area contributed by atoms with Crippen LogP contribution in [0.5, 0.6) is 0 Å². The Bertz CT molecular complexity index is 3150. The lowest BCUT2D eigenvalue weighted by molar-refractivity contribution is 0.768. The van der Waals surface area contributed by atoms with E-state index in [1.165, 1.54) is 38.4 Å². The minimum Gasteiger partial charge on any atom is -0.228 e. The molecule has 10 aromatic rings. The van der Waals surface area contributed by atoms with Gasteiger partial charge in [0.15, 0.2) is 5.82 Å². The summed E-state index contributed by atoms with van der Waals surface area (Å²) in [4.78, 5) is 10.5. The van der Waals surface area contributed by atoms with Crippen LogP contribution < -0.4 is 0 Å². The third kappa shape index (κ3) is 5.73. The molecule has 0 unspecified atom stereocenters. The molecule has 0 saturated carbocycles. The molecule has 1 aliphatic carbocycles. The van der Waals surface area contributed by atoms with E-state index in [0.29, 0.717) is 11.4 Å². The number of fused-ring (bicyclic) bond motifs is 5. The molecular formula is C56H35N3. The predicted octanol–water partition coefficient (Wildman–Crippen LogP) is 13.7. The second-order valence-electron chi connectivity index (χ2n) is 15.3. The van der Waals surface area contributed by atoms with Gasteiger partial charge in [0, 0.05) is 16.7 Å². The SMILES string of the molecule is N#Cc1ccc2c(c1)C(c1ccccc1)(c1ccccc1)c1ccc(-c3cccc(-c4cc(-c5ccc6ccccc6c5)nc(-c5ccc6ccccc6c5)n4)c3)cc1-2. The normalized spacial score (nSPS) is 12.5. The van der Waals surface area contributed by atoms with E-state index in [1.807, 2.05) is 6.07 Å². The Morgan fingerprint density at radius 2 is 0.898 bits per heavy atom. The van der Waals surface area contributed by atoms with Crippen molar-refractivity contribution in [2.45, 2.75) is 5.41 Å². The second kappa shape index (κ2) is 13.9. The summed E-state index contributed by atoms with van der Waals surface area (Å²) in [6, 6.07) is 77.5. The monoisotopic (exact) mass is 749 g/mol. The highest BCUT2D eigenvalue weighted by atomic mass is 14.9. The highest BCUT2D eigenvalue weighted by Gasteiger charge is 2.46. The molecule has 3 nitrogen and oxygen atoms in total. The van der Waals surface area contributed by atoms with Crippen LogP contribution in [0.3, 0.4) is 0 Å². The molecule has 0 radical (unpaired) electrons. The summed E-state index contributed by atoms with van der Waals surface area (Å²) in [5.41, 5.74) is 14.0. The molecule has 3 heteroatoms. The Balaban J connectivity index is 1.07. The largest absolute Gasteiger partial charge is 0.228 e. The van der Waals surface area contributed by atoms with E-state index in [9.17, 15) is 5.26 Å². The molecule has 0 fully saturated rings. The highest BCUT2D eigenvalue weighted by molar-refractivity contribution is 5.91. The zero-order valence-corrected chi connectivity index (χ0v) is 32.0.